The van der Waals surface area contributed by atoms with Gasteiger partial charge in [-0.3, -0.25) is 10.1 Å². The maximum atomic E-state index is 10.7. The second-order valence-electron chi connectivity index (χ2n) is 3.12. The number of halogens is 1. The van der Waals surface area contributed by atoms with Crippen LogP contribution in [0.3, 0.4) is 0 Å². The van der Waals surface area contributed by atoms with Crippen LogP contribution in [0.2, 0.25) is 0 Å². The van der Waals surface area contributed by atoms with Gasteiger partial charge in [-0.25, -0.2) is 20.2 Å². The van der Waals surface area contributed by atoms with E-state index in [2.05, 4.69) is 15.9 Å². The van der Waals surface area contributed by atoms with Gasteiger partial charge in [0.1, 0.15) is 0 Å². The summed E-state index contributed by atoms with van der Waals surface area (Å²) < 4.78 is -1.91. The van der Waals surface area contributed by atoms with E-state index in [-0.39, 0.29) is 0 Å². The molecule has 1 fully saturated rings. The van der Waals surface area contributed by atoms with E-state index in [1.54, 1.807) is 0 Å². The molecule has 0 aliphatic carbocycles. The van der Waals surface area contributed by atoms with Crippen LogP contribution in [0.4, 0.5) is 0 Å². The van der Waals surface area contributed by atoms with Gasteiger partial charge in [-0.05, 0) is 0 Å². The first-order chi connectivity index (χ1) is 7.26. The predicted molar refractivity (Wildman–Crippen MR) is 50.9 cm³/mol. The zero-order valence-corrected chi connectivity index (χ0v) is 9.27. The highest BCUT2D eigenvalue weighted by molar-refractivity contribution is 9.10. The smallest absolute Gasteiger partial charge is 0.263 e. The number of hydrogen-bond acceptors (Lipinski definition) is 6. The largest absolute Gasteiger partial charge is 0.320 e. The van der Waals surface area contributed by atoms with E-state index in [1.165, 1.54) is 0 Å². The monoisotopic (exact) mass is 299 g/mol. The van der Waals surface area contributed by atoms with Gasteiger partial charge in [-0.1, -0.05) is 10.0 Å². The summed E-state index contributed by atoms with van der Waals surface area (Å²) in [5.74, 6) is 0. The molecule has 12 heteroatoms. The Morgan fingerprint density at radius 2 is 1.38 bits per heavy atom. The standard InChI is InChI=1S/C4H6BrN5O6/c5-4(8(11)12)1-6(9(13)14)3-7(2-4)10(15)16/h1-3H2. The molecule has 0 N–H and O–H groups in total. The average molecular weight is 300 g/mol. The summed E-state index contributed by atoms with van der Waals surface area (Å²) in [6.45, 7) is -1.68. The first-order valence-corrected chi connectivity index (χ1v) is 4.67. The topological polar surface area (TPSA) is 136 Å². The van der Waals surface area contributed by atoms with E-state index in [4.69, 9.17) is 0 Å². The van der Waals surface area contributed by atoms with Crippen molar-refractivity contribution in [1.29, 1.82) is 0 Å². The summed E-state index contributed by atoms with van der Waals surface area (Å²) in [5, 5.41) is 30.6. The molecule has 0 saturated carbocycles. The number of nitrogens with zero attached hydrogens (tertiary/aromatic N) is 5. The van der Waals surface area contributed by atoms with E-state index in [1.807, 2.05) is 0 Å². The maximum absolute atomic E-state index is 10.7. The van der Waals surface area contributed by atoms with Gasteiger partial charge in [0.2, 0.25) is 6.67 Å². The van der Waals surface area contributed by atoms with Gasteiger partial charge in [0.05, 0.1) is 0 Å². The zero-order valence-electron chi connectivity index (χ0n) is 7.68. The molecule has 0 radical (unpaired) electrons. The number of nitro groups is 3. The molecule has 0 unspecified atom stereocenters. The van der Waals surface area contributed by atoms with Crippen molar-refractivity contribution in [3.05, 3.63) is 30.3 Å². The van der Waals surface area contributed by atoms with Crippen LogP contribution in [-0.4, -0.2) is 49.2 Å². The fraction of sp³-hybridized carbons (Fsp3) is 1.00. The normalized spacial score (nSPS) is 19.3. The molecule has 1 saturated heterocycles. The highest BCUT2D eigenvalue weighted by Crippen LogP contribution is 2.26. The summed E-state index contributed by atoms with van der Waals surface area (Å²) in [7, 11) is 0. The number of rotatable bonds is 3. The summed E-state index contributed by atoms with van der Waals surface area (Å²) in [5.41, 5.74) is 0. The molecule has 0 bridgehead atoms. The SMILES string of the molecule is O=[N+]([O-])N1CN([N+](=O)[O-])CC(Br)([N+](=O)[O-])C1. The van der Waals surface area contributed by atoms with Gasteiger partial charge in [-0.15, -0.1) is 0 Å². The zero-order chi connectivity index (χ0) is 12.5. The lowest BCUT2D eigenvalue weighted by Gasteiger charge is -2.30. The summed E-state index contributed by atoms with van der Waals surface area (Å²) >= 11 is 2.69. The van der Waals surface area contributed by atoms with Crippen LogP contribution in [0.1, 0.15) is 0 Å². The first-order valence-electron chi connectivity index (χ1n) is 3.88. The molecular formula is C4H6BrN5O6. The Kier molecular flexibility index (Phi) is 3.11. The van der Waals surface area contributed by atoms with Crippen LogP contribution in [-0.2, 0) is 0 Å². The van der Waals surface area contributed by atoms with Crippen molar-refractivity contribution < 1.29 is 15.0 Å². The molecule has 0 spiro atoms. The van der Waals surface area contributed by atoms with E-state index in [0.717, 1.165) is 0 Å². The second kappa shape index (κ2) is 4.03. The van der Waals surface area contributed by atoms with Crippen molar-refractivity contribution in [2.24, 2.45) is 0 Å². The van der Waals surface area contributed by atoms with E-state index in [9.17, 15) is 30.3 Å². The fourth-order valence-corrected chi connectivity index (χ4v) is 1.81. The maximum Gasteiger partial charge on any atom is 0.320 e. The lowest BCUT2D eigenvalue weighted by molar-refractivity contribution is -0.736. The Morgan fingerprint density at radius 1 is 1.00 bits per heavy atom. The number of hydrazine groups is 2. The molecule has 0 atom stereocenters. The summed E-state index contributed by atoms with van der Waals surface area (Å²) in [4.78, 5) is 30.8. The molecule has 90 valence electrons. The molecule has 11 nitrogen and oxygen atoms in total. The van der Waals surface area contributed by atoms with Crippen LogP contribution < -0.4 is 0 Å². The minimum Gasteiger partial charge on any atom is -0.263 e. The van der Waals surface area contributed by atoms with Crippen molar-refractivity contribution in [3.8, 4) is 0 Å². The molecule has 1 aliphatic heterocycles. The third-order valence-electron chi connectivity index (χ3n) is 1.97. The fourth-order valence-electron chi connectivity index (χ4n) is 1.23. The Balaban J connectivity index is 2.95. The molecular weight excluding hydrogens is 294 g/mol. The van der Waals surface area contributed by atoms with Crippen molar-refractivity contribution >= 4 is 15.9 Å². The summed E-state index contributed by atoms with van der Waals surface area (Å²) in [6.07, 6.45) is 0. The lowest BCUT2D eigenvalue weighted by Crippen LogP contribution is -2.62. The number of hydrogen-bond donors (Lipinski definition) is 0. The number of alkyl halides is 1. The minimum atomic E-state index is -1.91. The summed E-state index contributed by atoms with van der Waals surface area (Å²) in [6, 6.07) is 0. The Bertz CT molecular complexity index is 326. The van der Waals surface area contributed by atoms with Gasteiger partial charge in [0.15, 0.2) is 23.2 Å². The molecule has 1 heterocycles. The van der Waals surface area contributed by atoms with Crippen LogP contribution in [0.5, 0.6) is 0 Å². The van der Waals surface area contributed by atoms with Gasteiger partial charge in [0, 0.05) is 20.9 Å². The Labute approximate surface area is 96.1 Å². The van der Waals surface area contributed by atoms with Crippen molar-refractivity contribution in [1.82, 2.24) is 10.0 Å². The van der Waals surface area contributed by atoms with Crippen LogP contribution >= 0.6 is 15.9 Å². The third-order valence-corrected chi connectivity index (χ3v) is 2.76. The molecule has 0 aromatic heterocycles. The van der Waals surface area contributed by atoms with Gasteiger partial charge < -0.3 is 0 Å². The van der Waals surface area contributed by atoms with E-state index < -0.39 is 39.2 Å². The minimum absolute atomic E-state index is 0.407. The Morgan fingerprint density at radius 3 is 1.62 bits per heavy atom. The van der Waals surface area contributed by atoms with Gasteiger partial charge in [0.25, 0.3) is 0 Å². The molecule has 16 heavy (non-hydrogen) atoms. The van der Waals surface area contributed by atoms with Crippen molar-refractivity contribution in [3.63, 3.8) is 0 Å². The Hall–Kier alpha value is -1.72. The van der Waals surface area contributed by atoms with Crippen molar-refractivity contribution in [2.45, 2.75) is 4.45 Å². The van der Waals surface area contributed by atoms with E-state index >= 15 is 0 Å². The van der Waals surface area contributed by atoms with Crippen LogP contribution in [0.25, 0.3) is 0 Å². The van der Waals surface area contributed by atoms with Crippen molar-refractivity contribution in [2.75, 3.05) is 19.8 Å². The third kappa shape index (κ3) is 2.26. The molecule has 1 aliphatic rings. The highest BCUT2D eigenvalue weighted by Gasteiger charge is 2.54. The molecule has 0 amide bonds. The van der Waals surface area contributed by atoms with Gasteiger partial charge in [-0.2, -0.15) is 0 Å². The second-order valence-corrected chi connectivity index (χ2v) is 4.60. The van der Waals surface area contributed by atoms with Gasteiger partial charge >= 0.3 is 4.45 Å². The van der Waals surface area contributed by atoms with E-state index in [0.29, 0.717) is 10.0 Å². The predicted octanol–water partition coefficient (Wildman–Crippen LogP) is -0.687. The van der Waals surface area contributed by atoms with Crippen LogP contribution in [0, 0.1) is 30.3 Å². The first kappa shape index (κ1) is 12.4. The molecule has 0 aromatic rings. The quantitative estimate of drug-likeness (QED) is 0.289. The highest BCUT2D eigenvalue weighted by atomic mass is 79.9. The molecule has 1 rings (SSSR count). The molecule has 0 aromatic carbocycles. The lowest BCUT2D eigenvalue weighted by atomic mass is 10.2. The van der Waals surface area contributed by atoms with Crippen LogP contribution in [0.15, 0.2) is 0 Å². The average Bonchev–Trinajstić information content (AvgIpc) is 2.16.